The molecule has 0 atom stereocenters. The number of hydrogen-bond donors (Lipinski definition) is 1. The summed E-state index contributed by atoms with van der Waals surface area (Å²) in [5, 5.41) is 3.27. The summed E-state index contributed by atoms with van der Waals surface area (Å²) in [7, 11) is 1.05. The van der Waals surface area contributed by atoms with Crippen LogP contribution >= 0.6 is 0 Å². The Labute approximate surface area is 123 Å². The van der Waals surface area contributed by atoms with Gasteiger partial charge in [0.15, 0.2) is 0 Å². The first-order chi connectivity index (χ1) is 9.47. The lowest BCUT2D eigenvalue weighted by molar-refractivity contribution is 0.174. The normalized spacial score (nSPS) is 22.6. The molecule has 7 heteroatoms. The van der Waals surface area contributed by atoms with Gasteiger partial charge in [0, 0.05) is 51.9 Å². The van der Waals surface area contributed by atoms with Gasteiger partial charge >= 0.3 is 0 Å². The smallest absolute Gasteiger partial charge is 0.215 e. The van der Waals surface area contributed by atoms with Crippen LogP contribution in [0.4, 0.5) is 0 Å². The van der Waals surface area contributed by atoms with Crippen molar-refractivity contribution in [3.8, 4) is 0 Å². The van der Waals surface area contributed by atoms with E-state index in [1.165, 1.54) is 12.8 Å². The highest BCUT2D eigenvalue weighted by Crippen LogP contribution is 2.18. The van der Waals surface area contributed by atoms with Gasteiger partial charge in [-0.1, -0.05) is 0 Å². The fourth-order valence-electron chi connectivity index (χ4n) is 2.38. The molecule has 0 spiro atoms. The van der Waals surface area contributed by atoms with Gasteiger partial charge in [0.05, 0.1) is 5.75 Å². The molecular weight excluding hydrogens is 276 g/mol. The predicted octanol–water partition coefficient (Wildman–Crippen LogP) is -0.753. The summed E-state index contributed by atoms with van der Waals surface area (Å²) in [5.74, 6) is 0.237. The highest BCUT2D eigenvalue weighted by atomic mass is 32.2. The van der Waals surface area contributed by atoms with Crippen molar-refractivity contribution in [3.05, 3.63) is 0 Å². The summed E-state index contributed by atoms with van der Waals surface area (Å²) in [6, 6.07) is 0.577. The lowest BCUT2D eigenvalue weighted by Crippen LogP contribution is -2.51. The molecule has 1 heterocycles. The number of nitrogens with one attached hydrogen (secondary N) is 1. The van der Waals surface area contributed by atoms with Crippen LogP contribution in [0.3, 0.4) is 0 Å². The Morgan fingerprint density at radius 3 is 2.35 bits per heavy atom. The van der Waals surface area contributed by atoms with E-state index in [1.54, 1.807) is 4.31 Å². The third-order valence-electron chi connectivity index (χ3n) is 3.96. The van der Waals surface area contributed by atoms with Crippen molar-refractivity contribution in [2.24, 2.45) is 0 Å². The molecule has 6 nitrogen and oxygen atoms in total. The maximum absolute atomic E-state index is 12.2. The van der Waals surface area contributed by atoms with Crippen LogP contribution in [0.5, 0.6) is 0 Å². The lowest BCUT2D eigenvalue weighted by Gasteiger charge is -2.34. The van der Waals surface area contributed by atoms with Crippen LogP contribution in [0, 0.1) is 0 Å². The van der Waals surface area contributed by atoms with E-state index in [-0.39, 0.29) is 5.75 Å². The first kappa shape index (κ1) is 16.2. The molecular formula is C13H28N4O2S. The van der Waals surface area contributed by atoms with Gasteiger partial charge in [0.2, 0.25) is 10.0 Å². The maximum Gasteiger partial charge on any atom is 0.215 e. The van der Waals surface area contributed by atoms with Crippen LogP contribution in [-0.2, 0) is 10.0 Å². The molecule has 1 aliphatic carbocycles. The maximum atomic E-state index is 12.2. The Morgan fingerprint density at radius 1 is 1.15 bits per heavy atom. The second kappa shape index (κ2) is 7.17. The van der Waals surface area contributed by atoms with Gasteiger partial charge in [0.25, 0.3) is 0 Å². The molecule has 1 saturated carbocycles. The molecule has 20 heavy (non-hydrogen) atoms. The Balaban J connectivity index is 1.68. The van der Waals surface area contributed by atoms with Crippen molar-refractivity contribution in [2.75, 3.05) is 65.7 Å². The third-order valence-corrected chi connectivity index (χ3v) is 5.83. The summed E-state index contributed by atoms with van der Waals surface area (Å²) in [6.07, 6.45) is 2.40. The molecule has 0 aromatic heterocycles. The molecule has 0 aromatic rings. The van der Waals surface area contributed by atoms with Crippen LogP contribution in [0.15, 0.2) is 0 Å². The van der Waals surface area contributed by atoms with Crippen molar-refractivity contribution >= 4 is 10.0 Å². The van der Waals surface area contributed by atoms with Crippen molar-refractivity contribution in [1.29, 1.82) is 0 Å². The van der Waals surface area contributed by atoms with E-state index >= 15 is 0 Å². The molecule has 0 bridgehead atoms. The number of hydrogen-bond acceptors (Lipinski definition) is 5. The van der Waals surface area contributed by atoms with Gasteiger partial charge in [-0.15, -0.1) is 0 Å². The van der Waals surface area contributed by atoms with Crippen molar-refractivity contribution in [3.63, 3.8) is 0 Å². The molecule has 1 aliphatic heterocycles. The number of nitrogens with zero attached hydrogens (tertiary/aromatic N) is 3. The van der Waals surface area contributed by atoms with E-state index in [0.29, 0.717) is 25.7 Å². The molecule has 2 aliphatic rings. The molecule has 0 aromatic carbocycles. The Hall–Kier alpha value is -0.210. The highest BCUT2D eigenvalue weighted by molar-refractivity contribution is 7.89. The van der Waals surface area contributed by atoms with E-state index in [2.05, 4.69) is 29.2 Å². The first-order valence-electron chi connectivity index (χ1n) is 7.56. The van der Waals surface area contributed by atoms with E-state index in [4.69, 9.17) is 0 Å². The molecule has 0 radical (unpaired) electrons. The van der Waals surface area contributed by atoms with Crippen molar-refractivity contribution in [1.82, 2.24) is 19.4 Å². The zero-order chi connectivity index (χ0) is 14.6. The number of piperazine rings is 1. The molecule has 1 saturated heterocycles. The minimum Gasteiger partial charge on any atom is -0.313 e. The topological polar surface area (TPSA) is 55.9 Å². The molecule has 2 fully saturated rings. The van der Waals surface area contributed by atoms with Crippen LogP contribution in [0.1, 0.15) is 12.8 Å². The van der Waals surface area contributed by atoms with Gasteiger partial charge in [0.1, 0.15) is 0 Å². The van der Waals surface area contributed by atoms with Gasteiger partial charge in [-0.3, -0.25) is 4.90 Å². The minimum absolute atomic E-state index is 0.237. The second-order valence-corrected chi connectivity index (χ2v) is 8.18. The Morgan fingerprint density at radius 2 is 1.80 bits per heavy atom. The Kier molecular flexibility index (Phi) is 5.80. The van der Waals surface area contributed by atoms with Gasteiger partial charge in [-0.25, -0.2) is 8.42 Å². The van der Waals surface area contributed by atoms with Gasteiger partial charge in [-0.05, 0) is 26.9 Å². The number of likely N-dealkylation sites (N-methyl/N-ethyl adjacent to an activating group) is 1. The standard InChI is InChI=1S/C13H28N4O2S/c1-15(2)6-7-16-8-10-17(11-9-16)20(18,19)12-5-14-13-3-4-13/h13-14H,3-12H2,1-2H3. The Bertz CT molecular complexity index is 387. The summed E-state index contributed by atoms with van der Waals surface area (Å²) >= 11 is 0. The average molecular weight is 304 g/mol. The summed E-state index contributed by atoms with van der Waals surface area (Å²) in [4.78, 5) is 4.50. The SMILES string of the molecule is CN(C)CCN1CCN(S(=O)(=O)CCNC2CC2)CC1. The largest absolute Gasteiger partial charge is 0.313 e. The van der Waals surface area contributed by atoms with E-state index in [0.717, 1.165) is 26.2 Å². The monoisotopic (exact) mass is 304 g/mol. The fraction of sp³-hybridized carbons (Fsp3) is 1.00. The van der Waals surface area contributed by atoms with Crippen LogP contribution in [-0.4, -0.2) is 94.2 Å². The minimum atomic E-state index is -3.07. The van der Waals surface area contributed by atoms with Crippen molar-refractivity contribution < 1.29 is 8.42 Å². The molecule has 1 N–H and O–H groups in total. The van der Waals surface area contributed by atoms with Crippen LogP contribution in [0.25, 0.3) is 0 Å². The molecule has 118 valence electrons. The van der Waals surface area contributed by atoms with E-state index in [1.807, 2.05) is 0 Å². The zero-order valence-corrected chi connectivity index (χ0v) is 13.5. The molecule has 0 amide bonds. The fourth-order valence-corrected chi connectivity index (χ4v) is 3.73. The molecule has 2 rings (SSSR count). The summed E-state index contributed by atoms with van der Waals surface area (Å²) in [6.45, 7) is 5.61. The highest BCUT2D eigenvalue weighted by Gasteiger charge is 2.27. The number of rotatable bonds is 8. The van der Waals surface area contributed by atoms with Gasteiger partial charge in [-0.2, -0.15) is 4.31 Å². The van der Waals surface area contributed by atoms with Gasteiger partial charge < -0.3 is 10.2 Å². The predicted molar refractivity (Wildman–Crippen MR) is 81.4 cm³/mol. The van der Waals surface area contributed by atoms with Crippen molar-refractivity contribution in [2.45, 2.75) is 18.9 Å². The second-order valence-electron chi connectivity index (χ2n) is 6.09. The van der Waals surface area contributed by atoms with E-state index < -0.39 is 10.0 Å². The number of sulfonamides is 1. The summed E-state index contributed by atoms with van der Waals surface area (Å²) in [5.41, 5.74) is 0. The molecule has 0 unspecified atom stereocenters. The third kappa shape index (κ3) is 5.29. The first-order valence-corrected chi connectivity index (χ1v) is 9.16. The average Bonchev–Trinajstić information content (AvgIpc) is 3.21. The lowest BCUT2D eigenvalue weighted by atomic mass is 10.3. The van der Waals surface area contributed by atoms with Crippen LogP contribution < -0.4 is 5.32 Å². The zero-order valence-electron chi connectivity index (χ0n) is 12.7. The summed E-state index contributed by atoms with van der Waals surface area (Å²) < 4.78 is 26.1. The quantitative estimate of drug-likeness (QED) is 0.639. The van der Waals surface area contributed by atoms with E-state index in [9.17, 15) is 8.42 Å². The van der Waals surface area contributed by atoms with Crippen LogP contribution in [0.2, 0.25) is 0 Å².